The van der Waals surface area contributed by atoms with E-state index in [1.165, 1.54) is 19.4 Å². The summed E-state index contributed by atoms with van der Waals surface area (Å²) in [7, 11) is 0. The Balaban J connectivity index is 1.28. The number of aromatic nitrogens is 3. The summed E-state index contributed by atoms with van der Waals surface area (Å²) in [5.74, 6) is 0.726. The summed E-state index contributed by atoms with van der Waals surface area (Å²) in [5.41, 5.74) is 3.84. The molecule has 3 heterocycles. The molecule has 6 aromatic rings. The van der Waals surface area contributed by atoms with Gasteiger partial charge in [-0.15, -0.1) is 21.5 Å². The van der Waals surface area contributed by atoms with Gasteiger partial charge in [0.15, 0.2) is 5.82 Å². The van der Waals surface area contributed by atoms with E-state index in [2.05, 4.69) is 76.0 Å². The van der Waals surface area contributed by atoms with E-state index in [0.717, 1.165) is 39.1 Å². The minimum atomic E-state index is 0.699. The third-order valence-corrected chi connectivity index (χ3v) is 8.17. The highest BCUT2D eigenvalue weighted by molar-refractivity contribution is 7.99. The largest absolute Gasteiger partial charge is 0.338 e. The number of thiophene rings is 1. The first-order chi connectivity index (χ1) is 17.1. The molecule has 0 unspecified atom stereocenters. The molecule has 3 aromatic heterocycles. The van der Waals surface area contributed by atoms with Crippen LogP contribution in [0.15, 0.2) is 101 Å². The highest BCUT2D eigenvalue weighted by Crippen LogP contribution is 2.37. The normalized spacial score (nSPS) is 11.3. The second-order valence-corrected chi connectivity index (χ2v) is 10.9. The van der Waals surface area contributed by atoms with E-state index in [4.69, 9.17) is 11.6 Å². The van der Waals surface area contributed by atoms with Crippen molar-refractivity contribution in [3.8, 4) is 11.3 Å². The molecular formula is C28H19ClN4S2. The number of benzene rings is 3. The number of fused-ring (bicyclic) bond motifs is 2. The van der Waals surface area contributed by atoms with Crippen molar-refractivity contribution >= 4 is 67.2 Å². The summed E-state index contributed by atoms with van der Waals surface area (Å²) in [6.45, 7) is 2.12. The maximum atomic E-state index is 6.07. The molecule has 0 spiro atoms. The molecule has 1 N–H and O–H groups in total. The van der Waals surface area contributed by atoms with E-state index in [-0.39, 0.29) is 0 Å². The number of nitrogens with zero attached hydrogens (tertiary/aromatic N) is 3. The lowest BCUT2D eigenvalue weighted by Crippen LogP contribution is -1.99. The van der Waals surface area contributed by atoms with E-state index >= 15 is 0 Å². The van der Waals surface area contributed by atoms with Gasteiger partial charge in [-0.25, -0.2) is 0 Å². The average Bonchev–Trinajstić information content (AvgIpc) is 3.27. The van der Waals surface area contributed by atoms with Gasteiger partial charge in [0.05, 0.1) is 10.2 Å². The second-order valence-electron chi connectivity index (χ2n) is 8.08. The number of rotatable bonds is 5. The molecule has 0 amide bonds. The molecule has 0 aliphatic heterocycles. The molecule has 0 bridgehead atoms. The summed E-state index contributed by atoms with van der Waals surface area (Å²) in [4.78, 5) is 8.16. The smallest absolute Gasteiger partial charge is 0.161 e. The molecule has 0 fully saturated rings. The van der Waals surface area contributed by atoms with Gasteiger partial charge in [-0.1, -0.05) is 59.8 Å². The summed E-state index contributed by atoms with van der Waals surface area (Å²) in [6.07, 6.45) is 1.88. The first-order valence-electron chi connectivity index (χ1n) is 11.1. The molecule has 35 heavy (non-hydrogen) atoms. The predicted molar refractivity (Wildman–Crippen MR) is 148 cm³/mol. The SMILES string of the molecule is Cc1cc2nccc(Sc3ccc(Nc4nnc(-c5ccc(Cl)cc5)c5ccccc45)cc3)c2s1. The number of anilines is 2. The van der Waals surface area contributed by atoms with E-state index in [0.29, 0.717) is 5.02 Å². The van der Waals surface area contributed by atoms with Crippen LogP contribution in [0.3, 0.4) is 0 Å². The topological polar surface area (TPSA) is 50.7 Å². The van der Waals surface area contributed by atoms with Crippen LogP contribution in [0.1, 0.15) is 4.88 Å². The number of pyridine rings is 1. The van der Waals surface area contributed by atoms with Crippen molar-refractivity contribution in [1.29, 1.82) is 0 Å². The van der Waals surface area contributed by atoms with Crippen molar-refractivity contribution < 1.29 is 0 Å². The van der Waals surface area contributed by atoms with Gasteiger partial charge < -0.3 is 5.32 Å². The highest BCUT2D eigenvalue weighted by atomic mass is 35.5. The summed E-state index contributed by atoms with van der Waals surface area (Å²) >= 11 is 9.61. The lowest BCUT2D eigenvalue weighted by molar-refractivity contribution is 1.06. The number of aryl methyl sites for hydroxylation is 1. The zero-order chi connectivity index (χ0) is 23.8. The Bertz CT molecular complexity index is 1660. The Hall–Kier alpha value is -3.45. The van der Waals surface area contributed by atoms with Gasteiger partial charge in [-0.2, -0.15) is 0 Å². The van der Waals surface area contributed by atoms with Crippen LogP contribution in [-0.2, 0) is 0 Å². The Morgan fingerprint density at radius 1 is 0.857 bits per heavy atom. The van der Waals surface area contributed by atoms with Crippen LogP contribution in [0.4, 0.5) is 11.5 Å². The van der Waals surface area contributed by atoms with Gasteiger partial charge in [0.25, 0.3) is 0 Å². The number of hydrogen-bond acceptors (Lipinski definition) is 6. The minimum absolute atomic E-state index is 0.699. The van der Waals surface area contributed by atoms with Crippen molar-refractivity contribution in [2.75, 3.05) is 5.32 Å². The standard InChI is InChI=1S/C28H19ClN4S2/c1-17-16-24-27(34-17)25(14-15-30-24)35-21-12-10-20(11-13-21)31-28-23-5-3-2-4-22(23)26(32-33-28)18-6-8-19(29)9-7-18/h2-16H,1H3,(H,31,33). The van der Waals surface area contributed by atoms with E-state index in [1.807, 2.05) is 42.6 Å². The van der Waals surface area contributed by atoms with Crippen molar-refractivity contribution in [1.82, 2.24) is 15.2 Å². The van der Waals surface area contributed by atoms with Crippen LogP contribution in [0.5, 0.6) is 0 Å². The molecule has 0 radical (unpaired) electrons. The first-order valence-corrected chi connectivity index (χ1v) is 13.1. The Kier molecular flexibility index (Phi) is 5.86. The van der Waals surface area contributed by atoms with Gasteiger partial charge in [0.1, 0.15) is 5.69 Å². The van der Waals surface area contributed by atoms with Crippen molar-refractivity contribution in [2.45, 2.75) is 16.7 Å². The summed E-state index contributed by atoms with van der Waals surface area (Å²) < 4.78 is 1.24. The van der Waals surface area contributed by atoms with E-state index < -0.39 is 0 Å². The predicted octanol–water partition coefficient (Wildman–Crippen LogP) is 8.76. The Morgan fingerprint density at radius 3 is 2.43 bits per heavy atom. The quantitative estimate of drug-likeness (QED) is 0.251. The fraction of sp³-hybridized carbons (Fsp3) is 0.0357. The number of halogens is 1. The third kappa shape index (κ3) is 4.48. The second kappa shape index (κ2) is 9.30. The molecular weight excluding hydrogens is 492 g/mol. The molecule has 6 rings (SSSR count). The lowest BCUT2D eigenvalue weighted by atomic mass is 10.0. The maximum Gasteiger partial charge on any atom is 0.161 e. The average molecular weight is 511 g/mol. The lowest BCUT2D eigenvalue weighted by Gasteiger charge is -2.12. The molecule has 0 saturated carbocycles. The summed E-state index contributed by atoms with van der Waals surface area (Å²) in [6, 6.07) is 28.5. The van der Waals surface area contributed by atoms with Crippen LogP contribution in [-0.4, -0.2) is 15.2 Å². The Morgan fingerprint density at radius 2 is 1.63 bits per heavy atom. The van der Waals surface area contributed by atoms with E-state index in [9.17, 15) is 0 Å². The van der Waals surface area contributed by atoms with Gasteiger partial charge in [-0.05, 0) is 55.5 Å². The van der Waals surface area contributed by atoms with Crippen molar-refractivity contribution in [3.05, 3.63) is 101 Å². The van der Waals surface area contributed by atoms with Crippen LogP contribution in [0.25, 0.3) is 32.2 Å². The van der Waals surface area contributed by atoms with Crippen LogP contribution in [0, 0.1) is 6.92 Å². The molecule has 0 aliphatic carbocycles. The molecule has 170 valence electrons. The van der Waals surface area contributed by atoms with Crippen LogP contribution < -0.4 is 5.32 Å². The molecule has 4 nitrogen and oxygen atoms in total. The monoisotopic (exact) mass is 510 g/mol. The van der Waals surface area contributed by atoms with Gasteiger partial charge in [-0.3, -0.25) is 4.98 Å². The highest BCUT2D eigenvalue weighted by Gasteiger charge is 2.12. The van der Waals surface area contributed by atoms with Gasteiger partial charge in [0, 0.05) is 47.9 Å². The molecule has 0 aliphatic rings. The first kappa shape index (κ1) is 22.0. The third-order valence-electron chi connectivity index (χ3n) is 5.65. The molecule has 7 heteroatoms. The number of nitrogens with one attached hydrogen (secondary N) is 1. The van der Waals surface area contributed by atoms with Crippen LogP contribution >= 0.6 is 34.7 Å². The zero-order valence-corrected chi connectivity index (χ0v) is 21.1. The van der Waals surface area contributed by atoms with Gasteiger partial charge >= 0.3 is 0 Å². The van der Waals surface area contributed by atoms with Crippen molar-refractivity contribution in [3.63, 3.8) is 0 Å². The fourth-order valence-corrected chi connectivity index (χ4v) is 6.11. The number of hydrogen-bond donors (Lipinski definition) is 1. The van der Waals surface area contributed by atoms with Crippen molar-refractivity contribution in [2.24, 2.45) is 0 Å². The Labute approximate surface area is 216 Å². The summed E-state index contributed by atoms with van der Waals surface area (Å²) in [5, 5.41) is 15.3. The molecule has 3 aromatic carbocycles. The van der Waals surface area contributed by atoms with Crippen LogP contribution in [0.2, 0.25) is 5.02 Å². The maximum absolute atomic E-state index is 6.07. The minimum Gasteiger partial charge on any atom is -0.338 e. The fourth-order valence-electron chi connectivity index (χ4n) is 4.00. The van der Waals surface area contributed by atoms with Gasteiger partial charge in [0.2, 0.25) is 0 Å². The van der Waals surface area contributed by atoms with E-state index in [1.54, 1.807) is 23.1 Å². The molecule has 0 atom stereocenters. The molecule has 0 saturated heterocycles. The zero-order valence-electron chi connectivity index (χ0n) is 18.7.